The number of ether oxygens (including phenoxy) is 1. The Morgan fingerprint density at radius 1 is 1.75 bits per heavy atom. The molecule has 1 fully saturated rings. The fourth-order valence-corrected chi connectivity index (χ4v) is 1.34. The molecule has 1 unspecified atom stereocenters. The van der Waals surface area contributed by atoms with Crippen molar-refractivity contribution >= 4 is 0 Å². The van der Waals surface area contributed by atoms with Crippen molar-refractivity contribution in [3.63, 3.8) is 0 Å². The zero-order valence-corrected chi connectivity index (χ0v) is 6.73. The average Bonchev–Trinajstić information content (AvgIpc) is 2.75. The van der Waals surface area contributed by atoms with Gasteiger partial charge in [0.25, 0.3) is 0 Å². The van der Waals surface area contributed by atoms with E-state index >= 15 is 0 Å². The van der Waals surface area contributed by atoms with Crippen molar-refractivity contribution < 1.29 is 4.74 Å². The SMILES string of the molecule is C#Cc1cnn(C2CCOC2)c1. The second kappa shape index (κ2) is 3.00. The van der Waals surface area contributed by atoms with Crippen molar-refractivity contribution in [2.75, 3.05) is 13.2 Å². The molecule has 12 heavy (non-hydrogen) atoms. The van der Waals surface area contributed by atoms with Gasteiger partial charge in [-0.05, 0) is 6.42 Å². The fraction of sp³-hybridized carbons (Fsp3) is 0.444. The van der Waals surface area contributed by atoms with Gasteiger partial charge in [-0.3, -0.25) is 4.68 Å². The minimum absolute atomic E-state index is 0.382. The van der Waals surface area contributed by atoms with Gasteiger partial charge in [0.05, 0.1) is 24.4 Å². The topological polar surface area (TPSA) is 27.1 Å². The van der Waals surface area contributed by atoms with Crippen LogP contribution in [0.15, 0.2) is 12.4 Å². The van der Waals surface area contributed by atoms with Crippen molar-refractivity contribution in [1.29, 1.82) is 0 Å². The second-order valence-electron chi connectivity index (χ2n) is 2.87. The first-order valence-electron chi connectivity index (χ1n) is 3.98. The van der Waals surface area contributed by atoms with Crippen LogP contribution in [-0.2, 0) is 4.74 Å². The predicted octanol–water partition coefficient (Wildman–Crippen LogP) is 0.826. The molecule has 1 aromatic rings. The molecule has 1 atom stereocenters. The van der Waals surface area contributed by atoms with Crippen LogP contribution in [0.5, 0.6) is 0 Å². The van der Waals surface area contributed by atoms with E-state index in [4.69, 9.17) is 11.2 Å². The lowest BCUT2D eigenvalue weighted by molar-refractivity contribution is 0.184. The van der Waals surface area contributed by atoms with E-state index in [0.29, 0.717) is 6.04 Å². The van der Waals surface area contributed by atoms with Gasteiger partial charge in [0, 0.05) is 12.8 Å². The summed E-state index contributed by atoms with van der Waals surface area (Å²) in [4.78, 5) is 0. The first kappa shape index (κ1) is 7.38. The maximum Gasteiger partial charge on any atom is 0.0775 e. The summed E-state index contributed by atoms with van der Waals surface area (Å²) in [5.41, 5.74) is 0.835. The van der Waals surface area contributed by atoms with Gasteiger partial charge < -0.3 is 4.74 Å². The second-order valence-corrected chi connectivity index (χ2v) is 2.87. The molecule has 0 N–H and O–H groups in total. The molecule has 2 heterocycles. The summed E-state index contributed by atoms with van der Waals surface area (Å²) < 4.78 is 7.13. The normalized spacial score (nSPS) is 22.4. The van der Waals surface area contributed by atoms with Gasteiger partial charge in [-0.15, -0.1) is 6.42 Å². The maximum absolute atomic E-state index is 5.24. The fourth-order valence-electron chi connectivity index (χ4n) is 1.34. The van der Waals surface area contributed by atoms with Crippen LogP contribution in [0.2, 0.25) is 0 Å². The van der Waals surface area contributed by atoms with E-state index in [9.17, 15) is 0 Å². The largest absolute Gasteiger partial charge is 0.379 e. The first-order chi connectivity index (χ1) is 5.90. The molecule has 1 aliphatic rings. The quantitative estimate of drug-likeness (QED) is 0.572. The van der Waals surface area contributed by atoms with Crippen molar-refractivity contribution in [3.05, 3.63) is 18.0 Å². The number of hydrogen-bond donors (Lipinski definition) is 0. The third-order valence-corrected chi connectivity index (χ3v) is 2.05. The van der Waals surface area contributed by atoms with E-state index in [1.807, 2.05) is 10.9 Å². The Bertz CT molecular complexity index is 305. The van der Waals surface area contributed by atoms with Crippen molar-refractivity contribution in [2.45, 2.75) is 12.5 Å². The van der Waals surface area contributed by atoms with Gasteiger partial charge in [0.15, 0.2) is 0 Å². The monoisotopic (exact) mass is 162 g/mol. The maximum atomic E-state index is 5.24. The van der Waals surface area contributed by atoms with Gasteiger partial charge >= 0.3 is 0 Å². The van der Waals surface area contributed by atoms with Crippen molar-refractivity contribution in [3.8, 4) is 12.3 Å². The summed E-state index contributed by atoms with van der Waals surface area (Å²) >= 11 is 0. The highest BCUT2D eigenvalue weighted by Crippen LogP contribution is 2.17. The lowest BCUT2D eigenvalue weighted by atomic mass is 10.3. The molecule has 1 aromatic heterocycles. The molecule has 0 bridgehead atoms. The minimum atomic E-state index is 0.382. The third-order valence-electron chi connectivity index (χ3n) is 2.05. The molecule has 0 amide bonds. The Morgan fingerprint density at radius 2 is 2.67 bits per heavy atom. The Labute approximate surface area is 71.3 Å². The van der Waals surface area contributed by atoms with E-state index in [1.54, 1.807) is 6.20 Å². The number of aromatic nitrogens is 2. The summed E-state index contributed by atoms with van der Waals surface area (Å²) in [7, 11) is 0. The first-order valence-corrected chi connectivity index (χ1v) is 3.98. The highest BCUT2D eigenvalue weighted by Gasteiger charge is 2.17. The zero-order chi connectivity index (χ0) is 8.39. The Hall–Kier alpha value is -1.27. The van der Waals surface area contributed by atoms with Gasteiger partial charge in [0.2, 0.25) is 0 Å². The van der Waals surface area contributed by atoms with Crippen LogP contribution in [0.3, 0.4) is 0 Å². The lowest BCUT2D eigenvalue weighted by Gasteiger charge is -2.06. The summed E-state index contributed by atoms with van der Waals surface area (Å²) in [6.07, 6.45) is 9.86. The Morgan fingerprint density at radius 3 is 3.25 bits per heavy atom. The number of hydrogen-bond acceptors (Lipinski definition) is 2. The number of rotatable bonds is 1. The molecule has 62 valence electrons. The molecule has 0 aliphatic carbocycles. The molecule has 0 aromatic carbocycles. The zero-order valence-electron chi connectivity index (χ0n) is 6.73. The van der Waals surface area contributed by atoms with E-state index in [2.05, 4.69) is 11.0 Å². The summed E-state index contributed by atoms with van der Waals surface area (Å²) in [5.74, 6) is 2.55. The van der Waals surface area contributed by atoms with Gasteiger partial charge in [-0.1, -0.05) is 5.92 Å². The van der Waals surface area contributed by atoms with E-state index in [-0.39, 0.29) is 0 Å². The molecule has 1 saturated heterocycles. The number of nitrogens with zero attached hydrogens (tertiary/aromatic N) is 2. The molecule has 0 saturated carbocycles. The van der Waals surface area contributed by atoms with Crippen molar-refractivity contribution in [1.82, 2.24) is 9.78 Å². The average molecular weight is 162 g/mol. The lowest BCUT2D eigenvalue weighted by Crippen LogP contribution is -2.08. The molecule has 0 spiro atoms. The van der Waals surface area contributed by atoms with Crippen LogP contribution in [-0.4, -0.2) is 23.0 Å². The molecule has 3 heteroatoms. The molecule has 1 aliphatic heterocycles. The highest BCUT2D eigenvalue weighted by molar-refractivity contribution is 5.26. The smallest absolute Gasteiger partial charge is 0.0775 e. The van der Waals surface area contributed by atoms with Crippen LogP contribution in [0.25, 0.3) is 0 Å². The molecule has 2 rings (SSSR count). The van der Waals surface area contributed by atoms with E-state index in [1.165, 1.54) is 0 Å². The van der Waals surface area contributed by atoms with E-state index in [0.717, 1.165) is 25.2 Å². The number of terminal acetylenes is 1. The summed E-state index contributed by atoms with van der Waals surface area (Å²) in [6.45, 7) is 1.58. The van der Waals surface area contributed by atoms with Crippen LogP contribution >= 0.6 is 0 Å². The molecular weight excluding hydrogens is 152 g/mol. The van der Waals surface area contributed by atoms with Crippen LogP contribution in [0.4, 0.5) is 0 Å². The van der Waals surface area contributed by atoms with Crippen LogP contribution in [0, 0.1) is 12.3 Å². The Kier molecular flexibility index (Phi) is 1.84. The molecule has 0 radical (unpaired) electrons. The van der Waals surface area contributed by atoms with Gasteiger partial charge in [-0.2, -0.15) is 5.10 Å². The Balaban J connectivity index is 2.17. The van der Waals surface area contributed by atoms with Crippen LogP contribution < -0.4 is 0 Å². The summed E-state index contributed by atoms with van der Waals surface area (Å²) in [5, 5.41) is 4.16. The standard InChI is InChI=1S/C9H10N2O/c1-2-8-5-10-11(6-8)9-3-4-12-7-9/h1,5-6,9H,3-4,7H2. The molecule has 3 nitrogen and oxygen atoms in total. The summed E-state index contributed by atoms with van der Waals surface area (Å²) in [6, 6.07) is 0.382. The minimum Gasteiger partial charge on any atom is -0.379 e. The van der Waals surface area contributed by atoms with E-state index < -0.39 is 0 Å². The van der Waals surface area contributed by atoms with Crippen LogP contribution in [0.1, 0.15) is 18.0 Å². The highest BCUT2D eigenvalue weighted by atomic mass is 16.5. The van der Waals surface area contributed by atoms with Gasteiger partial charge in [-0.25, -0.2) is 0 Å². The third kappa shape index (κ3) is 1.21. The van der Waals surface area contributed by atoms with Gasteiger partial charge in [0.1, 0.15) is 0 Å². The molecular formula is C9H10N2O. The predicted molar refractivity (Wildman–Crippen MR) is 44.6 cm³/mol. The van der Waals surface area contributed by atoms with Crippen molar-refractivity contribution in [2.24, 2.45) is 0 Å².